The Balaban J connectivity index is 3.04. The number of nitrogens with zero attached hydrogens (tertiary/aromatic N) is 1. The molecule has 20 heavy (non-hydrogen) atoms. The topological polar surface area (TPSA) is 107 Å². The summed E-state index contributed by atoms with van der Waals surface area (Å²) in [6.07, 6.45) is 1.27. The van der Waals surface area contributed by atoms with Gasteiger partial charge in [-0.1, -0.05) is 13.3 Å². The second-order valence-corrected chi connectivity index (χ2v) is 4.76. The van der Waals surface area contributed by atoms with E-state index in [0.717, 1.165) is 6.42 Å². The molecule has 1 aromatic rings. The number of methoxy groups -OCH3 is 1. The summed E-state index contributed by atoms with van der Waals surface area (Å²) in [7, 11) is 1.42. The third-order valence-corrected chi connectivity index (χ3v) is 2.93. The number of rotatable bonds is 6. The lowest BCUT2D eigenvalue weighted by molar-refractivity contribution is -0.384. The molecule has 1 amide bonds. The monoisotopic (exact) mass is 281 g/mol. The van der Waals surface area contributed by atoms with Crippen LogP contribution >= 0.6 is 0 Å². The second kappa shape index (κ2) is 6.33. The van der Waals surface area contributed by atoms with Crippen molar-refractivity contribution in [3.05, 3.63) is 28.3 Å². The average Bonchev–Trinajstić information content (AvgIpc) is 2.38. The van der Waals surface area contributed by atoms with E-state index in [1.807, 2.05) is 6.92 Å². The molecule has 0 saturated heterocycles. The number of carbonyl (C=O) groups is 1. The van der Waals surface area contributed by atoms with Gasteiger partial charge in [0.1, 0.15) is 5.75 Å². The van der Waals surface area contributed by atoms with Crippen LogP contribution < -0.4 is 15.8 Å². The zero-order valence-electron chi connectivity index (χ0n) is 11.8. The molecular formula is C13H19N3O4. The predicted molar refractivity (Wildman–Crippen MR) is 75.8 cm³/mol. The van der Waals surface area contributed by atoms with Gasteiger partial charge in [-0.05, 0) is 19.4 Å². The van der Waals surface area contributed by atoms with Crippen LogP contribution in [0.4, 0.5) is 11.4 Å². The number of hydrogen-bond acceptors (Lipinski definition) is 5. The van der Waals surface area contributed by atoms with Crippen LogP contribution in [0.3, 0.4) is 0 Å². The summed E-state index contributed by atoms with van der Waals surface area (Å²) in [4.78, 5) is 22.3. The normalized spacial score (nSPS) is 13.4. The summed E-state index contributed by atoms with van der Waals surface area (Å²) in [6.45, 7) is 3.54. The van der Waals surface area contributed by atoms with Gasteiger partial charge >= 0.3 is 0 Å². The van der Waals surface area contributed by atoms with Crippen molar-refractivity contribution in [2.75, 3.05) is 12.4 Å². The zero-order chi connectivity index (χ0) is 15.3. The van der Waals surface area contributed by atoms with Gasteiger partial charge in [-0.3, -0.25) is 14.9 Å². The molecule has 0 aliphatic carbocycles. The second-order valence-electron chi connectivity index (χ2n) is 4.76. The average molecular weight is 281 g/mol. The van der Waals surface area contributed by atoms with Crippen LogP contribution in [0.1, 0.15) is 26.7 Å². The molecule has 0 saturated carbocycles. The highest BCUT2D eigenvalue weighted by Gasteiger charge is 2.28. The highest BCUT2D eigenvalue weighted by molar-refractivity contribution is 5.99. The van der Waals surface area contributed by atoms with Gasteiger partial charge in [0.25, 0.3) is 5.69 Å². The Morgan fingerprint density at radius 2 is 2.20 bits per heavy atom. The SMILES string of the molecule is CCCC(C)(N)C(=O)Nc1cc([N+](=O)[O-])ccc1OC. The van der Waals surface area contributed by atoms with Crippen molar-refractivity contribution in [3.63, 3.8) is 0 Å². The molecule has 1 rings (SSSR count). The molecule has 1 atom stereocenters. The minimum atomic E-state index is -1.04. The van der Waals surface area contributed by atoms with Gasteiger partial charge in [-0.2, -0.15) is 0 Å². The minimum Gasteiger partial charge on any atom is -0.495 e. The minimum absolute atomic E-state index is 0.129. The van der Waals surface area contributed by atoms with Gasteiger partial charge in [0, 0.05) is 12.1 Å². The number of amides is 1. The van der Waals surface area contributed by atoms with E-state index in [2.05, 4.69) is 5.32 Å². The number of carbonyl (C=O) groups excluding carboxylic acids is 1. The van der Waals surface area contributed by atoms with Gasteiger partial charge in [-0.15, -0.1) is 0 Å². The molecule has 0 fully saturated rings. The van der Waals surface area contributed by atoms with Crippen molar-refractivity contribution in [1.82, 2.24) is 0 Å². The van der Waals surface area contributed by atoms with Crippen molar-refractivity contribution < 1.29 is 14.5 Å². The van der Waals surface area contributed by atoms with Crippen molar-refractivity contribution in [2.24, 2.45) is 5.73 Å². The Labute approximate surface area is 117 Å². The third kappa shape index (κ3) is 3.67. The van der Waals surface area contributed by atoms with Crippen LogP contribution in [0, 0.1) is 10.1 Å². The van der Waals surface area contributed by atoms with Crippen molar-refractivity contribution in [1.29, 1.82) is 0 Å². The fourth-order valence-electron chi connectivity index (χ4n) is 1.81. The number of nitrogens with one attached hydrogen (secondary N) is 1. The van der Waals surface area contributed by atoms with Crippen molar-refractivity contribution in [2.45, 2.75) is 32.2 Å². The van der Waals surface area contributed by atoms with Gasteiger partial charge in [-0.25, -0.2) is 0 Å². The Hall–Kier alpha value is -2.15. The first-order chi connectivity index (χ1) is 9.31. The molecule has 110 valence electrons. The van der Waals surface area contributed by atoms with E-state index in [-0.39, 0.29) is 11.4 Å². The Bertz CT molecular complexity index is 514. The lowest BCUT2D eigenvalue weighted by Crippen LogP contribution is -2.48. The summed E-state index contributed by atoms with van der Waals surface area (Å²) in [5, 5.41) is 13.4. The van der Waals surface area contributed by atoms with Crippen LogP contribution in [0.15, 0.2) is 18.2 Å². The van der Waals surface area contributed by atoms with Gasteiger partial charge < -0.3 is 15.8 Å². The molecule has 3 N–H and O–H groups in total. The lowest BCUT2D eigenvalue weighted by atomic mass is 9.96. The number of hydrogen-bond donors (Lipinski definition) is 2. The summed E-state index contributed by atoms with van der Waals surface area (Å²) in [5.41, 5.74) is 4.99. The standard InChI is InChI=1S/C13H19N3O4/c1-4-7-13(2,14)12(17)15-10-8-9(16(18)19)5-6-11(10)20-3/h5-6,8H,4,7,14H2,1-3H3,(H,15,17). The van der Waals surface area contributed by atoms with Crippen LogP contribution in [0.25, 0.3) is 0 Å². The number of benzene rings is 1. The molecule has 0 aliphatic rings. The molecule has 7 heteroatoms. The Morgan fingerprint density at radius 1 is 1.55 bits per heavy atom. The van der Waals surface area contributed by atoms with Crippen LogP contribution in [0.2, 0.25) is 0 Å². The maximum atomic E-state index is 12.1. The summed E-state index contributed by atoms with van der Waals surface area (Å²) in [6, 6.07) is 3.99. The van der Waals surface area contributed by atoms with Crippen LogP contribution in [-0.4, -0.2) is 23.5 Å². The number of nitro groups is 1. The zero-order valence-corrected chi connectivity index (χ0v) is 11.8. The molecule has 1 aromatic carbocycles. The van der Waals surface area contributed by atoms with E-state index in [0.29, 0.717) is 12.2 Å². The Kier molecular flexibility index (Phi) is 5.04. The maximum absolute atomic E-state index is 12.1. The van der Waals surface area contributed by atoms with Crippen LogP contribution in [0.5, 0.6) is 5.75 Å². The van der Waals surface area contributed by atoms with E-state index in [9.17, 15) is 14.9 Å². The number of ether oxygens (including phenoxy) is 1. The fourth-order valence-corrected chi connectivity index (χ4v) is 1.81. The number of nitro benzene ring substituents is 1. The van der Waals surface area contributed by atoms with Gasteiger partial charge in [0.05, 0.1) is 23.3 Å². The molecule has 7 nitrogen and oxygen atoms in total. The van der Waals surface area contributed by atoms with E-state index in [4.69, 9.17) is 10.5 Å². The van der Waals surface area contributed by atoms with Crippen LogP contribution in [-0.2, 0) is 4.79 Å². The van der Waals surface area contributed by atoms with E-state index in [1.165, 1.54) is 25.3 Å². The molecule has 0 spiro atoms. The number of nitrogens with two attached hydrogens (primary N) is 1. The third-order valence-electron chi connectivity index (χ3n) is 2.93. The molecular weight excluding hydrogens is 262 g/mol. The molecule has 0 aliphatic heterocycles. The number of non-ortho nitro benzene ring substituents is 1. The summed E-state index contributed by atoms with van der Waals surface area (Å²) < 4.78 is 5.08. The van der Waals surface area contributed by atoms with Crippen molar-refractivity contribution in [3.8, 4) is 5.75 Å². The number of anilines is 1. The fraction of sp³-hybridized carbons (Fsp3) is 0.462. The van der Waals surface area contributed by atoms with E-state index in [1.54, 1.807) is 6.92 Å². The first-order valence-electron chi connectivity index (χ1n) is 6.24. The molecule has 1 unspecified atom stereocenters. The highest BCUT2D eigenvalue weighted by Crippen LogP contribution is 2.29. The lowest BCUT2D eigenvalue weighted by Gasteiger charge is -2.23. The van der Waals surface area contributed by atoms with Gasteiger partial charge in [0.2, 0.25) is 5.91 Å². The Morgan fingerprint density at radius 3 is 2.70 bits per heavy atom. The first-order valence-corrected chi connectivity index (χ1v) is 6.24. The van der Waals surface area contributed by atoms with E-state index < -0.39 is 16.4 Å². The highest BCUT2D eigenvalue weighted by atomic mass is 16.6. The van der Waals surface area contributed by atoms with Gasteiger partial charge in [0.15, 0.2) is 0 Å². The predicted octanol–water partition coefficient (Wildman–Crippen LogP) is 2.06. The molecule has 0 radical (unpaired) electrons. The quantitative estimate of drug-likeness (QED) is 0.613. The molecule has 0 bridgehead atoms. The smallest absolute Gasteiger partial charge is 0.271 e. The summed E-state index contributed by atoms with van der Waals surface area (Å²) in [5.74, 6) is -0.0607. The van der Waals surface area contributed by atoms with Crippen molar-refractivity contribution >= 4 is 17.3 Å². The van der Waals surface area contributed by atoms with E-state index >= 15 is 0 Å². The molecule has 0 heterocycles. The first kappa shape index (κ1) is 15.9. The summed E-state index contributed by atoms with van der Waals surface area (Å²) >= 11 is 0. The largest absolute Gasteiger partial charge is 0.495 e. The maximum Gasteiger partial charge on any atom is 0.271 e. The molecule has 0 aromatic heterocycles.